The van der Waals surface area contributed by atoms with Crippen molar-refractivity contribution in [1.29, 1.82) is 0 Å². The molecule has 1 saturated heterocycles. The molecule has 1 aromatic rings. The fourth-order valence-electron chi connectivity index (χ4n) is 2.44. The molecule has 0 radical (unpaired) electrons. The lowest BCUT2D eigenvalue weighted by Crippen LogP contribution is -2.43. The van der Waals surface area contributed by atoms with Gasteiger partial charge < -0.3 is 10.2 Å². The minimum atomic E-state index is -2.54. The Kier molecular flexibility index (Phi) is 3.68. The van der Waals surface area contributed by atoms with Crippen molar-refractivity contribution in [2.75, 3.05) is 19.6 Å². The first-order valence-electron chi connectivity index (χ1n) is 6.19. The molecule has 4 nitrogen and oxygen atoms in total. The highest BCUT2D eigenvalue weighted by molar-refractivity contribution is 5.13. The summed E-state index contributed by atoms with van der Waals surface area (Å²) in [6.07, 6.45) is -0.231. The summed E-state index contributed by atoms with van der Waals surface area (Å²) in [6, 6.07) is -0.151. The minimum absolute atomic E-state index is 0.115. The monoisotopic (exact) mass is 259 g/mol. The van der Waals surface area contributed by atoms with Gasteiger partial charge >= 0.3 is 0 Å². The molecule has 1 aliphatic heterocycles. The average Bonchev–Trinajstić information content (AvgIpc) is 2.61. The number of nitrogens with zero attached hydrogens (tertiary/aromatic N) is 2. The zero-order valence-electron chi connectivity index (χ0n) is 10.7. The summed E-state index contributed by atoms with van der Waals surface area (Å²) in [6.45, 7) is 4.66. The number of halogens is 2. The fraction of sp³-hybridized carbons (Fsp3) is 0.750. The number of hydrogen-bond acceptors (Lipinski definition) is 4. The van der Waals surface area contributed by atoms with Crippen LogP contribution in [0.5, 0.6) is 0 Å². The third-order valence-corrected chi connectivity index (χ3v) is 3.44. The summed E-state index contributed by atoms with van der Waals surface area (Å²) < 4.78 is 31.8. The maximum atomic E-state index is 13.1. The first-order valence-corrected chi connectivity index (χ1v) is 6.19. The van der Waals surface area contributed by atoms with Gasteiger partial charge in [0.1, 0.15) is 5.76 Å². The summed E-state index contributed by atoms with van der Waals surface area (Å²) in [5, 5.41) is 0. The van der Waals surface area contributed by atoms with Crippen molar-refractivity contribution in [2.24, 2.45) is 5.73 Å². The van der Waals surface area contributed by atoms with Gasteiger partial charge in [-0.15, -0.1) is 0 Å². The van der Waals surface area contributed by atoms with Crippen LogP contribution >= 0.6 is 0 Å². The molecule has 18 heavy (non-hydrogen) atoms. The van der Waals surface area contributed by atoms with Crippen molar-refractivity contribution in [3.63, 3.8) is 0 Å². The third-order valence-electron chi connectivity index (χ3n) is 3.44. The largest absolute Gasteiger partial charge is 0.444 e. The minimum Gasteiger partial charge on any atom is -0.444 e. The van der Waals surface area contributed by atoms with E-state index in [9.17, 15) is 8.78 Å². The Morgan fingerprint density at radius 2 is 2.00 bits per heavy atom. The van der Waals surface area contributed by atoms with Gasteiger partial charge in [0.15, 0.2) is 5.89 Å². The molecular formula is C12H19F2N3O. The number of hydrogen-bond donors (Lipinski definition) is 1. The Morgan fingerprint density at radius 1 is 1.39 bits per heavy atom. The van der Waals surface area contributed by atoms with Crippen molar-refractivity contribution in [1.82, 2.24) is 9.88 Å². The lowest BCUT2D eigenvalue weighted by atomic mass is 10.0. The second kappa shape index (κ2) is 4.93. The van der Waals surface area contributed by atoms with Gasteiger partial charge in [-0.05, 0) is 6.92 Å². The highest BCUT2D eigenvalue weighted by Gasteiger charge is 2.37. The van der Waals surface area contributed by atoms with Crippen LogP contribution in [-0.4, -0.2) is 35.4 Å². The van der Waals surface area contributed by atoms with Crippen LogP contribution < -0.4 is 5.73 Å². The van der Waals surface area contributed by atoms with Crippen molar-refractivity contribution in [2.45, 2.75) is 38.7 Å². The number of likely N-dealkylation sites (tertiary alicyclic amines) is 1. The van der Waals surface area contributed by atoms with Gasteiger partial charge in [-0.3, -0.25) is 4.90 Å². The molecule has 102 valence electrons. The SMILES string of the molecule is Cc1nc(C)c(C(CN)N2CCC(F)(F)CC2)o1. The number of oxazole rings is 1. The smallest absolute Gasteiger partial charge is 0.250 e. The van der Waals surface area contributed by atoms with Crippen LogP contribution in [0.3, 0.4) is 0 Å². The van der Waals surface area contributed by atoms with E-state index in [1.165, 1.54) is 0 Å². The molecule has 0 aliphatic carbocycles. The quantitative estimate of drug-likeness (QED) is 0.902. The number of piperidine rings is 1. The van der Waals surface area contributed by atoms with E-state index in [-0.39, 0.29) is 18.9 Å². The standard InChI is InChI=1S/C12H19F2N3O/c1-8-11(18-9(2)16-8)10(7-15)17-5-3-12(13,14)4-6-17/h10H,3-7,15H2,1-2H3. The molecule has 2 N–H and O–H groups in total. The number of aryl methyl sites for hydroxylation is 2. The van der Waals surface area contributed by atoms with E-state index >= 15 is 0 Å². The first kappa shape index (κ1) is 13.4. The molecule has 0 aromatic carbocycles. The van der Waals surface area contributed by atoms with Crippen LogP contribution in [0, 0.1) is 13.8 Å². The summed E-state index contributed by atoms with van der Waals surface area (Å²) in [5.41, 5.74) is 6.56. The molecule has 0 bridgehead atoms. The van der Waals surface area contributed by atoms with Gasteiger partial charge in [-0.25, -0.2) is 13.8 Å². The number of rotatable bonds is 3. The van der Waals surface area contributed by atoms with Crippen molar-refractivity contribution >= 4 is 0 Å². The van der Waals surface area contributed by atoms with Crippen molar-refractivity contribution in [3.05, 3.63) is 17.3 Å². The topological polar surface area (TPSA) is 55.3 Å². The Labute approximate surface area is 105 Å². The summed E-state index contributed by atoms with van der Waals surface area (Å²) >= 11 is 0. The van der Waals surface area contributed by atoms with Crippen LogP contribution in [-0.2, 0) is 0 Å². The van der Waals surface area contributed by atoms with Crippen LogP contribution in [0.25, 0.3) is 0 Å². The van der Waals surface area contributed by atoms with E-state index in [2.05, 4.69) is 4.98 Å². The van der Waals surface area contributed by atoms with Gasteiger partial charge in [-0.1, -0.05) is 0 Å². The number of alkyl halides is 2. The number of aromatic nitrogens is 1. The average molecular weight is 259 g/mol. The zero-order chi connectivity index (χ0) is 13.3. The Balaban J connectivity index is 2.13. The van der Waals surface area contributed by atoms with Gasteiger partial charge in [0.05, 0.1) is 11.7 Å². The first-order chi connectivity index (χ1) is 8.43. The Bertz CT molecular complexity index is 409. The third kappa shape index (κ3) is 2.70. The van der Waals surface area contributed by atoms with Crippen LogP contribution in [0.15, 0.2) is 4.42 Å². The summed E-state index contributed by atoms with van der Waals surface area (Å²) in [5.74, 6) is -1.24. The van der Waals surface area contributed by atoms with Crippen molar-refractivity contribution < 1.29 is 13.2 Å². The van der Waals surface area contributed by atoms with E-state index in [0.717, 1.165) is 5.69 Å². The van der Waals surface area contributed by atoms with E-state index < -0.39 is 5.92 Å². The highest BCUT2D eigenvalue weighted by Crippen LogP contribution is 2.33. The summed E-state index contributed by atoms with van der Waals surface area (Å²) in [4.78, 5) is 6.17. The Hall–Kier alpha value is -1.01. The fourth-order valence-corrected chi connectivity index (χ4v) is 2.44. The normalized spacial score (nSPS) is 22.1. The van der Waals surface area contributed by atoms with Crippen LogP contribution in [0.1, 0.15) is 36.2 Å². The Morgan fingerprint density at radius 3 is 2.44 bits per heavy atom. The molecule has 1 fully saturated rings. The van der Waals surface area contributed by atoms with Crippen LogP contribution in [0.4, 0.5) is 8.78 Å². The van der Waals surface area contributed by atoms with Crippen LogP contribution in [0.2, 0.25) is 0 Å². The molecule has 1 aliphatic rings. The molecule has 1 atom stereocenters. The van der Waals surface area contributed by atoms with E-state index in [0.29, 0.717) is 31.3 Å². The molecule has 2 heterocycles. The van der Waals surface area contributed by atoms with Gasteiger partial charge in [0.25, 0.3) is 5.92 Å². The van der Waals surface area contributed by atoms with E-state index in [4.69, 9.17) is 10.2 Å². The van der Waals surface area contributed by atoms with E-state index in [1.807, 2.05) is 11.8 Å². The molecule has 0 amide bonds. The lowest BCUT2D eigenvalue weighted by molar-refractivity contribution is -0.0643. The van der Waals surface area contributed by atoms with Gasteiger partial charge in [-0.2, -0.15) is 0 Å². The molecule has 0 saturated carbocycles. The van der Waals surface area contributed by atoms with E-state index in [1.54, 1.807) is 6.92 Å². The number of nitrogens with two attached hydrogens (primary N) is 1. The molecule has 1 unspecified atom stereocenters. The van der Waals surface area contributed by atoms with Gasteiger partial charge in [0, 0.05) is 39.4 Å². The molecular weight excluding hydrogens is 240 g/mol. The predicted octanol–water partition coefficient (Wildman–Crippen LogP) is 2.02. The van der Waals surface area contributed by atoms with Crippen molar-refractivity contribution in [3.8, 4) is 0 Å². The molecule has 1 aromatic heterocycles. The van der Waals surface area contributed by atoms with Gasteiger partial charge in [0.2, 0.25) is 0 Å². The highest BCUT2D eigenvalue weighted by atomic mass is 19.3. The lowest BCUT2D eigenvalue weighted by Gasteiger charge is -2.36. The zero-order valence-corrected chi connectivity index (χ0v) is 10.7. The second-order valence-corrected chi connectivity index (χ2v) is 4.83. The molecule has 6 heteroatoms. The molecule has 2 rings (SSSR count). The summed E-state index contributed by atoms with van der Waals surface area (Å²) in [7, 11) is 0. The maximum Gasteiger partial charge on any atom is 0.250 e. The maximum absolute atomic E-state index is 13.1. The predicted molar refractivity (Wildman–Crippen MR) is 63.5 cm³/mol. The second-order valence-electron chi connectivity index (χ2n) is 4.83. The molecule has 0 spiro atoms.